The zero-order valence-electron chi connectivity index (χ0n) is 11.4. The molecule has 1 aliphatic carbocycles. The van der Waals surface area contributed by atoms with E-state index in [0.29, 0.717) is 24.0 Å². The number of aromatic nitrogens is 1. The van der Waals surface area contributed by atoms with Gasteiger partial charge < -0.3 is 15.5 Å². The molecule has 1 aliphatic rings. The van der Waals surface area contributed by atoms with Gasteiger partial charge in [0.1, 0.15) is 11.5 Å². The van der Waals surface area contributed by atoms with Crippen LogP contribution in [0.4, 0.5) is 5.82 Å². The van der Waals surface area contributed by atoms with Crippen LogP contribution in [0.25, 0.3) is 0 Å². The number of rotatable bonds is 7. The van der Waals surface area contributed by atoms with Gasteiger partial charge in [0.05, 0.1) is 5.02 Å². The maximum absolute atomic E-state index is 12.1. The molecular formula is C13H19ClN4O2. The Bertz CT molecular complexity index is 491. The molecule has 110 valence electrons. The first-order chi connectivity index (χ1) is 9.60. The first-order valence-corrected chi connectivity index (χ1v) is 6.88. The summed E-state index contributed by atoms with van der Waals surface area (Å²) in [5.74, 6) is 5.40. The zero-order valence-corrected chi connectivity index (χ0v) is 12.2. The van der Waals surface area contributed by atoms with Gasteiger partial charge in [0, 0.05) is 20.3 Å². The number of halogens is 1. The molecule has 1 fully saturated rings. The molecule has 0 atom stereocenters. The van der Waals surface area contributed by atoms with Crippen LogP contribution in [0.2, 0.25) is 5.02 Å². The largest absolute Gasteiger partial charge is 0.385 e. The molecule has 0 saturated heterocycles. The molecule has 2 rings (SSSR count). The monoisotopic (exact) mass is 298 g/mol. The lowest BCUT2D eigenvalue weighted by Gasteiger charge is -2.15. The van der Waals surface area contributed by atoms with Crippen molar-refractivity contribution in [2.45, 2.75) is 19.3 Å². The summed E-state index contributed by atoms with van der Waals surface area (Å²) < 4.78 is 5.09. The topological polar surface area (TPSA) is 89.3 Å². The minimum atomic E-state index is -0.282. The number of anilines is 1. The predicted octanol–water partition coefficient (Wildman–Crippen LogP) is 1.57. The maximum Gasteiger partial charge on any atom is 0.271 e. The number of nitrogens with zero attached hydrogens (tertiary/aromatic N) is 1. The van der Waals surface area contributed by atoms with E-state index in [-0.39, 0.29) is 17.0 Å². The molecule has 0 bridgehead atoms. The van der Waals surface area contributed by atoms with Crippen LogP contribution < -0.4 is 16.6 Å². The van der Waals surface area contributed by atoms with Gasteiger partial charge in [0.2, 0.25) is 0 Å². The Morgan fingerprint density at radius 2 is 2.30 bits per heavy atom. The molecule has 0 aromatic carbocycles. The molecule has 0 radical (unpaired) electrons. The minimum Gasteiger partial charge on any atom is -0.385 e. The second-order valence-electron chi connectivity index (χ2n) is 5.10. The molecule has 1 saturated carbocycles. The quantitative estimate of drug-likeness (QED) is 0.525. The number of pyridine rings is 1. The smallest absolute Gasteiger partial charge is 0.271 e. The van der Waals surface area contributed by atoms with Crippen molar-refractivity contribution in [2.75, 3.05) is 25.7 Å². The molecule has 1 aromatic rings. The van der Waals surface area contributed by atoms with Crippen molar-refractivity contribution in [3.63, 3.8) is 0 Å². The van der Waals surface area contributed by atoms with Crippen molar-refractivity contribution in [1.29, 1.82) is 0 Å². The lowest BCUT2D eigenvalue weighted by molar-refractivity contribution is 0.0933. The molecule has 0 aliphatic heterocycles. The van der Waals surface area contributed by atoms with E-state index in [1.165, 1.54) is 0 Å². The fourth-order valence-corrected chi connectivity index (χ4v) is 2.23. The van der Waals surface area contributed by atoms with E-state index < -0.39 is 0 Å². The Labute approximate surface area is 123 Å². The number of carbonyl (C=O) groups excluding carboxylic acids is 1. The Hall–Kier alpha value is -1.37. The third-order valence-electron chi connectivity index (χ3n) is 3.63. The number of ether oxygens (including phenoxy) is 1. The second-order valence-corrected chi connectivity index (χ2v) is 5.50. The summed E-state index contributed by atoms with van der Waals surface area (Å²) in [6.45, 7) is 1.33. The number of amides is 1. The molecular weight excluding hydrogens is 280 g/mol. The Kier molecular flexibility index (Phi) is 4.80. The van der Waals surface area contributed by atoms with Crippen molar-refractivity contribution in [2.24, 2.45) is 11.3 Å². The van der Waals surface area contributed by atoms with E-state index in [4.69, 9.17) is 22.2 Å². The SMILES string of the molecule is COCCC1(CNC(=O)c2nc(NN)ccc2Cl)CC1. The molecule has 20 heavy (non-hydrogen) atoms. The highest BCUT2D eigenvalue weighted by atomic mass is 35.5. The summed E-state index contributed by atoms with van der Waals surface area (Å²) in [5.41, 5.74) is 2.76. The van der Waals surface area contributed by atoms with E-state index >= 15 is 0 Å². The Morgan fingerprint density at radius 1 is 1.55 bits per heavy atom. The number of methoxy groups -OCH3 is 1. The van der Waals surface area contributed by atoms with E-state index in [2.05, 4.69) is 15.7 Å². The van der Waals surface area contributed by atoms with Gasteiger partial charge in [-0.3, -0.25) is 4.79 Å². The number of nitrogen functional groups attached to an aromatic ring is 1. The van der Waals surface area contributed by atoms with E-state index in [0.717, 1.165) is 19.3 Å². The second kappa shape index (κ2) is 6.39. The summed E-state index contributed by atoms with van der Waals surface area (Å²) in [4.78, 5) is 16.2. The Morgan fingerprint density at radius 3 is 2.90 bits per heavy atom. The number of hydrogen-bond donors (Lipinski definition) is 3. The van der Waals surface area contributed by atoms with Crippen LogP contribution in [0.1, 0.15) is 29.8 Å². The molecule has 0 unspecified atom stereocenters. The fourth-order valence-electron chi connectivity index (χ4n) is 2.04. The van der Waals surface area contributed by atoms with Gasteiger partial charge in [0.15, 0.2) is 0 Å². The number of carbonyl (C=O) groups is 1. The minimum absolute atomic E-state index is 0.182. The maximum atomic E-state index is 12.1. The molecule has 1 aromatic heterocycles. The van der Waals surface area contributed by atoms with Crippen LogP contribution in [-0.2, 0) is 4.74 Å². The fraction of sp³-hybridized carbons (Fsp3) is 0.538. The zero-order chi connectivity index (χ0) is 14.6. The van der Waals surface area contributed by atoms with E-state index in [1.54, 1.807) is 19.2 Å². The average molecular weight is 299 g/mol. The molecule has 7 heteroatoms. The number of nitrogens with two attached hydrogens (primary N) is 1. The third-order valence-corrected chi connectivity index (χ3v) is 3.93. The first-order valence-electron chi connectivity index (χ1n) is 6.50. The number of hydrogen-bond acceptors (Lipinski definition) is 5. The van der Waals surface area contributed by atoms with Gasteiger partial charge in [-0.2, -0.15) is 0 Å². The highest BCUT2D eigenvalue weighted by molar-refractivity contribution is 6.33. The molecule has 1 heterocycles. The lowest BCUT2D eigenvalue weighted by atomic mass is 10.0. The molecule has 6 nitrogen and oxygen atoms in total. The molecule has 0 spiro atoms. The number of nitrogens with one attached hydrogen (secondary N) is 2. The summed E-state index contributed by atoms with van der Waals surface area (Å²) in [7, 11) is 1.68. The van der Waals surface area contributed by atoms with Crippen LogP contribution >= 0.6 is 11.6 Å². The van der Waals surface area contributed by atoms with Crippen LogP contribution in [0.15, 0.2) is 12.1 Å². The highest BCUT2D eigenvalue weighted by Gasteiger charge is 2.42. The van der Waals surface area contributed by atoms with Gasteiger partial charge in [-0.15, -0.1) is 0 Å². The van der Waals surface area contributed by atoms with Crippen molar-refractivity contribution in [3.05, 3.63) is 22.8 Å². The van der Waals surface area contributed by atoms with E-state index in [9.17, 15) is 4.79 Å². The van der Waals surface area contributed by atoms with Crippen molar-refractivity contribution in [3.8, 4) is 0 Å². The van der Waals surface area contributed by atoms with Crippen LogP contribution in [0, 0.1) is 5.41 Å². The third kappa shape index (κ3) is 3.59. The molecule has 1 amide bonds. The lowest BCUT2D eigenvalue weighted by Crippen LogP contribution is -2.31. The summed E-state index contributed by atoms with van der Waals surface area (Å²) >= 11 is 5.99. The average Bonchev–Trinajstić information content (AvgIpc) is 3.24. The Balaban J connectivity index is 1.95. The van der Waals surface area contributed by atoms with Crippen molar-refractivity contribution < 1.29 is 9.53 Å². The summed E-state index contributed by atoms with van der Waals surface area (Å²) in [6.07, 6.45) is 3.18. The van der Waals surface area contributed by atoms with E-state index in [1.807, 2.05) is 0 Å². The first kappa shape index (κ1) is 15.0. The normalized spacial score (nSPS) is 15.8. The number of hydrazine groups is 1. The van der Waals surface area contributed by atoms with Crippen molar-refractivity contribution >= 4 is 23.3 Å². The van der Waals surface area contributed by atoms with Gasteiger partial charge in [-0.1, -0.05) is 11.6 Å². The standard InChI is InChI=1S/C13H19ClN4O2/c1-20-7-6-13(4-5-13)8-16-12(19)11-9(14)2-3-10(17-11)18-15/h2-3H,4-8,15H2,1H3,(H,16,19)(H,17,18). The summed E-state index contributed by atoms with van der Waals surface area (Å²) in [6, 6.07) is 3.20. The van der Waals surface area contributed by atoms with Crippen LogP contribution in [-0.4, -0.2) is 31.2 Å². The highest BCUT2D eigenvalue weighted by Crippen LogP contribution is 2.48. The predicted molar refractivity (Wildman–Crippen MR) is 77.6 cm³/mol. The van der Waals surface area contributed by atoms with Gasteiger partial charge >= 0.3 is 0 Å². The van der Waals surface area contributed by atoms with Gasteiger partial charge in [0.25, 0.3) is 5.91 Å². The van der Waals surface area contributed by atoms with Crippen LogP contribution in [0.3, 0.4) is 0 Å². The summed E-state index contributed by atoms with van der Waals surface area (Å²) in [5, 5.41) is 3.20. The van der Waals surface area contributed by atoms with Gasteiger partial charge in [-0.25, -0.2) is 10.8 Å². The van der Waals surface area contributed by atoms with Gasteiger partial charge in [-0.05, 0) is 36.8 Å². The molecule has 4 N–H and O–H groups in total. The van der Waals surface area contributed by atoms with Crippen molar-refractivity contribution in [1.82, 2.24) is 10.3 Å². The van der Waals surface area contributed by atoms with Crippen LogP contribution in [0.5, 0.6) is 0 Å².